The summed E-state index contributed by atoms with van der Waals surface area (Å²) < 4.78 is 0. The largest absolute Gasteiger partial charge is 0.309 e. The van der Waals surface area contributed by atoms with Gasteiger partial charge in [0.1, 0.15) is 0 Å². The molecule has 0 amide bonds. The van der Waals surface area contributed by atoms with E-state index in [4.69, 9.17) is 0 Å². The highest BCUT2D eigenvalue weighted by atomic mass is 32.1. The number of nitrogens with zero attached hydrogens (tertiary/aromatic N) is 1. The van der Waals surface area contributed by atoms with Gasteiger partial charge in [0.25, 0.3) is 0 Å². The molecule has 0 bridgehead atoms. The van der Waals surface area contributed by atoms with Crippen LogP contribution in [0.15, 0.2) is 42.0 Å². The van der Waals surface area contributed by atoms with Gasteiger partial charge in [-0.15, -0.1) is 11.3 Å². The number of hydrogen-bond acceptors (Lipinski definition) is 3. The van der Waals surface area contributed by atoms with Crippen LogP contribution < -0.4 is 5.32 Å². The maximum Gasteiger partial charge on any atom is 0.0293 e. The van der Waals surface area contributed by atoms with Gasteiger partial charge in [-0.25, -0.2) is 0 Å². The van der Waals surface area contributed by atoms with Crippen LogP contribution in [-0.2, 0) is 5.41 Å². The maximum absolute atomic E-state index is 4.05. The molecule has 2 rings (SSSR count). The summed E-state index contributed by atoms with van der Waals surface area (Å²) >= 11 is 1.83. The molecule has 0 aliphatic rings. The molecule has 2 aromatic heterocycles. The van der Waals surface area contributed by atoms with Gasteiger partial charge in [-0.3, -0.25) is 4.98 Å². The Bertz CT molecular complexity index is 463. The molecule has 0 aromatic carbocycles. The van der Waals surface area contributed by atoms with Crippen molar-refractivity contribution in [1.82, 2.24) is 10.3 Å². The van der Waals surface area contributed by atoms with Crippen molar-refractivity contribution in [3.05, 3.63) is 52.5 Å². The van der Waals surface area contributed by atoms with Crippen LogP contribution in [0, 0.1) is 0 Å². The second-order valence-corrected chi connectivity index (χ2v) is 6.19. The summed E-state index contributed by atoms with van der Waals surface area (Å²) in [5.41, 5.74) is 1.46. The van der Waals surface area contributed by atoms with Crippen molar-refractivity contribution in [2.75, 3.05) is 6.54 Å². The monoisotopic (exact) mass is 260 g/mol. The molecule has 1 unspecified atom stereocenters. The highest BCUT2D eigenvalue weighted by molar-refractivity contribution is 7.10. The minimum absolute atomic E-state index is 0.176. The molecule has 0 radical (unpaired) electrons. The van der Waals surface area contributed by atoms with E-state index in [-0.39, 0.29) is 5.41 Å². The number of rotatable bonds is 5. The number of hydrogen-bond donors (Lipinski definition) is 1. The van der Waals surface area contributed by atoms with Crippen molar-refractivity contribution in [3.8, 4) is 0 Å². The van der Waals surface area contributed by atoms with E-state index in [1.165, 1.54) is 10.4 Å². The summed E-state index contributed by atoms with van der Waals surface area (Å²) in [7, 11) is 0. The molecule has 0 fully saturated rings. The Morgan fingerprint density at radius 1 is 1.28 bits per heavy atom. The first kappa shape index (κ1) is 13.2. The van der Waals surface area contributed by atoms with Crippen molar-refractivity contribution in [1.29, 1.82) is 0 Å². The predicted molar refractivity (Wildman–Crippen MR) is 78.0 cm³/mol. The Hall–Kier alpha value is -1.19. The standard InChI is InChI=1S/C15H20N2S/c1-12(13-6-8-16-9-7-13)17-11-15(2,3)14-5-4-10-18-14/h4-10,12,17H,11H2,1-3H3. The Balaban J connectivity index is 1.96. The lowest BCUT2D eigenvalue weighted by Gasteiger charge is -2.26. The van der Waals surface area contributed by atoms with E-state index >= 15 is 0 Å². The first-order valence-corrected chi connectivity index (χ1v) is 7.15. The van der Waals surface area contributed by atoms with E-state index in [2.05, 4.69) is 60.7 Å². The van der Waals surface area contributed by atoms with Crippen LogP contribution in [-0.4, -0.2) is 11.5 Å². The van der Waals surface area contributed by atoms with E-state index in [1.807, 2.05) is 23.7 Å². The Morgan fingerprint density at radius 3 is 2.61 bits per heavy atom. The molecule has 0 saturated carbocycles. The molecule has 18 heavy (non-hydrogen) atoms. The van der Waals surface area contributed by atoms with Gasteiger partial charge >= 0.3 is 0 Å². The number of thiophene rings is 1. The molecule has 0 spiro atoms. The number of aromatic nitrogens is 1. The van der Waals surface area contributed by atoms with E-state index in [9.17, 15) is 0 Å². The van der Waals surface area contributed by atoms with Gasteiger partial charge in [0, 0.05) is 35.3 Å². The lowest BCUT2D eigenvalue weighted by molar-refractivity contribution is 0.441. The van der Waals surface area contributed by atoms with Crippen LogP contribution in [0.2, 0.25) is 0 Å². The highest BCUT2D eigenvalue weighted by Crippen LogP contribution is 2.27. The summed E-state index contributed by atoms with van der Waals surface area (Å²) in [6, 6.07) is 8.82. The Labute approximate surface area is 113 Å². The Kier molecular flexibility index (Phi) is 4.15. The summed E-state index contributed by atoms with van der Waals surface area (Å²) in [6.07, 6.45) is 3.69. The third kappa shape index (κ3) is 3.18. The Morgan fingerprint density at radius 2 is 2.00 bits per heavy atom. The third-order valence-corrected chi connectivity index (χ3v) is 4.48. The van der Waals surface area contributed by atoms with Gasteiger partial charge in [-0.05, 0) is 36.1 Å². The zero-order chi connectivity index (χ0) is 13.0. The molecule has 2 aromatic rings. The number of nitrogens with one attached hydrogen (secondary N) is 1. The van der Waals surface area contributed by atoms with Crippen LogP contribution in [0.5, 0.6) is 0 Å². The molecule has 0 aliphatic carbocycles. The normalized spacial score (nSPS) is 13.5. The molecule has 2 heterocycles. The van der Waals surface area contributed by atoms with E-state index in [0.717, 1.165) is 6.54 Å². The van der Waals surface area contributed by atoms with Gasteiger partial charge in [0.05, 0.1) is 0 Å². The van der Waals surface area contributed by atoms with Crippen LogP contribution >= 0.6 is 11.3 Å². The maximum atomic E-state index is 4.05. The zero-order valence-corrected chi connectivity index (χ0v) is 12.0. The zero-order valence-electron chi connectivity index (χ0n) is 11.2. The molecule has 1 atom stereocenters. The summed E-state index contributed by atoms with van der Waals surface area (Å²) in [5.74, 6) is 0. The average Bonchev–Trinajstić information content (AvgIpc) is 2.92. The minimum atomic E-state index is 0.176. The molecule has 3 heteroatoms. The minimum Gasteiger partial charge on any atom is -0.309 e. The highest BCUT2D eigenvalue weighted by Gasteiger charge is 2.22. The number of pyridine rings is 1. The van der Waals surface area contributed by atoms with Crippen molar-refractivity contribution < 1.29 is 0 Å². The quantitative estimate of drug-likeness (QED) is 0.885. The van der Waals surface area contributed by atoms with Crippen molar-refractivity contribution in [3.63, 3.8) is 0 Å². The molecule has 1 N–H and O–H groups in total. The topological polar surface area (TPSA) is 24.9 Å². The van der Waals surface area contributed by atoms with Gasteiger partial charge in [0.15, 0.2) is 0 Å². The van der Waals surface area contributed by atoms with Crippen molar-refractivity contribution in [2.24, 2.45) is 0 Å². The fraction of sp³-hybridized carbons (Fsp3) is 0.400. The van der Waals surface area contributed by atoms with E-state index < -0.39 is 0 Å². The summed E-state index contributed by atoms with van der Waals surface area (Å²) in [6.45, 7) is 7.73. The third-order valence-electron chi connectivity index (χ3n) is 3.24. The molecule has 0 aliphatic heterocycles. The second kappa shape index (κ2) is 5.63. The van der Waals surface area contributed by atoms with Crippen LogP contribution in [0.4, 0.5) is 0 Å². The lowest BCUT2D eigenvalue weighted by atomic mass is 9.91. The van der Waals surface area contributed by atoms with Crippen molar-refractivity contribution >= 4 is 11.3 Å². The SMILES string of the molecule is CC(NCC(C)(C)c1cccs1)c1ccncc1. The molecule has 2 nitrogen and oxygen atoms in total. The fourth-order valence-corrected chi connectivity index (χ4v) is 2.78. The van der Waals surface area contributed by atoms with Crippen LogP contribution in [0.25, 0.3) is 0 Å². The first-order valence-electron chi connectivity index (χ1n) is 6.27. The van der Waals surface area contributed by atoms with Crippen molar-refractivity contribution in [2.45, 2.75) is 32.2 Å². The fourth-order valence-electron chi connectivity index (χ4n) is 1.93. The molecular formula is C15H20N2S. The van der Waals surface area contributed by atoms with Gasteiger partial charge in [0.2, 0.25) is 0 Å². The summed E-state index contributed by atoms with van der Waals surface area (Å²) in [4.78, 5) is 5.48. The van der Waals surface area contributed by atoms with Crippen LogP contribution in [0.1, 0.15) is 37.3 Å². The van der Waals surface area contributed by atoms with E-state index in [0.29, 0.717) is 6.04 Å². The van der Waals surface area contributed by atoms with Gasteiger partial charge < -0.3 is 5.32 Å². The smallest absolute Gasteiger partial charge is 0.0293 e. The molecule has 0 saturated heterocycles. The predicted octanol–water partition coefficient (Wildman–Crippen LogP) is 3.77. The average molecular weight is 260 g/mol. The van der Waals surface area contributed by atoms with Crippen LogP contribution in [0.3, 0.4) is 0 Å². The first-order chi connectivity index (χ1) is 8.59. The van der Waals surface area contributed by atoms with E-state index in [1.54, 1.807) is 0 Å². The van der Waals surface area contributed by atoms with Gasteiger partial charge in [-0.1, -0.05) is 19.9 Å². The lowest BCUT2D eigenvalue weighted by Crippen LogP contribution is -2.33. The second-order valence-electron chi connectivity index (χ2n) is 5.24. The van der Waals surface area contributed by atoms with Gasteiger partial charge in [-0.2, -0.15) is 0 Å². The molecule has 96 valence electrons. The summed E-state index contributed by atoms with van der Waals surface area (Å²) in [5, 5.41) is 5.75. The molecular weight excluding hydrogens is 240 g/mol.